The van der Waals surface area contributed by atoms with Gasteiger partial charge in [-0.05, 0) is 44.2 Å². The third-order valence-corrected chi connectivity index (χ3v) is 3.17. The van der Waals surface area contributed by atoms with Crippen molar-refractivity contribution in [1.82, 2.24) is 0 Å². The fourth-order valence-electron chi connectivity index (χ4n) is 1.97. The summed E-state index contributed by atoms with van der Waals surface area (Å²) >= 11 is 0. The van der Waals surface area contributed by atoms with Gasteiger partial charge in [0.05, 0.1) is 0 Å². The Morgan fingerprint density at radius 1 is 0.857 bits per heavy atom. The summed E-state index contributed by atoms with van der Waals surface area (Å²) in [5.41, 5.74) is 11.4. The molecule has 2 atom stereocenters. The molecule has 0 bridgehead atoms. The number of rotatable bonds is 9. The fourth-order valence-corrected chi connectivity index (χ4v) is 1.97. The Morgan fingerprint density at radius 2 is 1.43 bits per heavy atom. The van der Waals surface area contributed by atoms with E-state index in [0.29, 0.717) is 0 Å². The molecule has 0 aliphatic rings. The highest BCUT2D eigenvalue weighted by atomic mass is 14.6. The first-order valence-corrected chi connectivity index (χ1v) is 6.18. The van der Waals surface area contributed by atoms with Gasteiger partial charge < -0.3 is 11.5 Å². The first-order chi connectivity index (χ1) is 6.78. The van der Waals surface area contributed by atoms with Crippen LogP contribution >= 0.6 is 0 Å². The van der Waals surface area contributed by atoms with Crippen molar-refractivity contribution in [2.24, 2.45) is 23.3 Å². The second kappa shape index (κ2) is 9.47. The summed E-state index contributed by atoms with van der Waals surface area (Å²) in [6.07, 6.45) is 7.65. The predicted molar refractivity (Wildman–Crippen MR) is 64.1 cm³/mol. The van der Waals surface area contributed by atoms with E-state index in [1.807, 2.05) is 0 Å². The van der Waals surface area contributed by atoms with Gasteiger partial charge in [0, 0.05) is 0 Å². The van der Waals surface area contributed by atoms with Crippen LogP contribution in [0.3, 0.4) is 0 Å². The molecule has 0 aromatic heterocycles. The highest BCUT2D eigenvalue weighted by Crippen LogP contribution is 2.17. The maximum absolute atomic E-state index is 5.72. The minimum absolute atomic E-state index is 0.732. The van der Waals surface area contributed by atoms with Crippen LogP contribution in [0.2, 0.25) is 0 Å². The summed E-state index contributed by atoms with van der Waals surface area (Å²) in [7, 11) is 0. The Bertz CT molecular complexity index is 111. The van der Waals surface area contributed by atoms with Gasteiger partial charge in [-0.3, -0.25) is 0 Å². The second-order valence-corrected chi connectivity index (χ2v) is 4.33. The van der Waals surface area contributed by atoms with Gasteiger partial charge in [-0.2, -0.15) is 0 Å². The molecule has 0 radical (unpaired) electrons. The Hall–Kier alpha value is -0.0800. The average Bonchev–Trinajstić information content (AvgIpc) is 2.23. The van der Waals surface area contributed by atoms with Crippen LogP contribution in [0.4, 0.5) is 0 Å². The van der Waals surface area contributed by atoms with E-state index in [4.69, 9.17) is 11.5 Å². The normalized spacial score (nSPS) is 15.4. The van der Waals surface area contributed by atoms with Crippen molar-refractivity contribution in [1.29, 1.82) is 0 Å². The Kier molecular flexibility index (Phi) is 9.42. The monoisotopic (exact) mass is 200 g/mol. The SMILES string of the molecule is CCCC(CN)CCCC(CC)CN. The van der Waals surface area contributed by atoms with Gasteiger partial charge in [0.1, 0.15) is 0 Å². The number of hydrogen-bond donors (Lipinski definition) is 2. The van der Waals surface area contributed by atoms with Crippen LogP contribution in [-0.2, 0) is 0 Å². The zero-order valence-electron chi connectivity index (χ0n) is 9.97. The van der Waals surface area contributed by atoms with Crippen molar-refractivity contribution < 1.29 is 0 Å². The van der Waals surface area contributed by atoms with E-state index in [2.05, 4.69) is 13.8 Å². The molecule has 2 nitrogen and oxygen atoms in total. The molecule has 0 saturated carbocycles. The molecule has 86 valence electrons. The van der Waals surface area contributed by atoms with Crippen molar-refractivity contribution in [3.8, 4) is 0 Å². The molecule has 0 aromatic rings. The second-order valence-electron chi connectivity index (χ2n) is 4.33. The summed E-state index contributed by atoms with van der Waals surface area (Å²) in [6.45, 7) is 6.16. The van der Waals surface area contributed by atoms with E-state index < -0.39 is 0 Å². The highest BCUT2D eigenvalue weighted by Gasteiger charge is 2.07. The summed E-state index contributed by atoms with van der Waals surface area (Å²) < 4.78 is 0. The minimum atomic E-state index is 0.732. The maximum Gasteiger partial charge on any atom is -0.00489 e. The molecule has 0 aliphatic carbocycles. The third kappa shape index (κ3) is 6.39. The van der Waals surface area contributed by atoms with Crippen molar-refractivity contribution in [3.05, 3.63) is 0 Å². The Balaban J connectivity index is 3.48. The van der Waals surface area contributed by atoms with E-state index in [1.54, 1.807) is 0 Å². The van der Waals surface area contributed by atoms with Crippen LogP contribution in [0.1, 0.15) is 52.4 Å². The van der Waals surface area contributed by atoms with E-state index in [1.165, 1.54) is 38.5 Å². The van der Waals surface area contributed by atoms with Gasteiger partial charge >= 0.3 is 0 Å². The quantitative estimate of drug-likeness (QED) is 0.601. The zero-order chi connectivity index (χ0) is 10.8. The molecular formula is C12H28N2. The first kappa shape index (κ1) is 13.9. The zero-order valence-corrected chi connectivity index (χ0v) is 9.97. The number of hydrogen-bond acceptors (Lipinski definition) is 2. The molecular weight excluding hydrogens is 172 g/mol. The summed E-state index contributed by atoms with van der Waals surface area (Å²) in [4.78, 5) is 0. The van der Waals surface area contributed by atoms with Crippen molar-refractivity contribution in [3.63, 3.8) is 0 Å². The molecule has 0 fully saturated rings. The van der Waals surface area contributed by atoms with Gasteiger partial charge in [0.2, 0.25) is 0 Å². The molecule has 14 heavy (non-hydrogen) atoms. The standard InChI is InChI=1S/C12H28N2/c1-3-6-12(10-14)8-5-7-11(4-2)9-13/h11-12H,3-10,13-14H2,1-2H3. The van der Waals surface area contributed by atoms with E-state index in [9.17, 15) is 0 Å². The Morgan fingerprint density at radius 3 is 1.86 bits per heavy atom. The molecule has 0 aromatic carbocycles. The summed E-state index contributed by atoms with van der Waals surface area (Å²) in [5.74, 6) is 1.48. The van der Waals surface area contributed by atoms with Crippen molar-refractivity contribution >= 4 is 0 Å². The molecule has 0 saturated heterocycles. The summed E-state index contributed by atoms with van der Waals surface area (Å²) in [6, 6.07) is 0. The van der Waals surface area contributed by atoms with Gasteiger partial charge in [-0.25, -0.2) is 0 Å². The van der Waals surface area contributed by atoms with Crippen LogP contribution in [0.25, 0.3) is 0 Å². The molecule has 4 N–H and O–H groups in total. The van der Waals surface area contributed by atoms with Crippen LogP contribution in [0.15, 0.2) is 0 Å². The summed E-state index contributed by atoms with van der Waals surface area (Å²) in [5, 5.41) is 0. The lowest BCUT2D eigenvalue weighted by atomic mass is 9.93. The van der Waals surface area contributed by atoms with E-state index in [-0.39, 0.29) is 0 Å². The largest absolute Gasteiger partial charge is 0.330 e. The van der Waals surface area contributed by atoms with Gasteiger partial charge in [-0.1, -0.05) is 33.1 Å². The molecule has 0 rings (SSSR count). The smallest absolute Gasteiger partial charge is 0.00489 e. The highest BCUT2D eigenvalue weighted by molar-refractivity contribution is 4.63. The lowest BCUT2D eigenvalue weighted by Gasteiger charge is -2.16. The molecule has 2 unspecified atom stereocenters. The molecule has 0 spiro atoms. The van der Waals surface area contributed by atoms with Gasteiger partial charge in [0.25, 0.3) is 0 Å². The van der Waals surface area contributed by atoms with Crippen LogP contribution < -0.4 is 11.5 Å². The molecule has 0 aliphatic heterocycles. The maximum atomic E-state index is 5.72. The first-order valence-electron chi connectivity index (χ1n) is 6.18. The molecule has 2 heteroatoms. The van der Waals surface area contributed by atoms with Gasteiger partial charge in [0.15, 0.2) is 0 Å². The van der Waals surface area contributed by atoms with Crippen LogP contribution in [-0.4, -0.2) is 13.1 Å². The average molecular weight is 200 g/mol. The van der Waals surface area contributed by atoms with E-state index >= 15 is 0 Å². The molecule has 0 amide bonds. The topological polar surface area (TPSA) is 52.0 Å². The molecule has 0 heterocycles. The van der Waals surface area contributed by atoms with Crippen LogP contribution in [0, 0.1) is 11.8 Å². The fraction of sp³-hybridized carbons (Fsp3) is 1.00. The minimum Gasteiger partial charge on any atom is -0.330 e. The van der Waals surface area contributed by atoms with E-state index in [0.717, 1.165) is 24.9 Å². The third-order valence-electron chi connectivity index (χ3n) is 3.17. The Labute approximate surface area is 89.4 Å². The van der Waals surface area contributed by atoms with Crippen molar-refractivity contribution in [2.75, 3.05) is 13.1 Å². The van der Waals surface area contributed by atoms with Gasteiger partial charge in [-0.15, -0.1) is 0 Å². The number of nitrogens with two attached hydrogens (primary N) is 2. The van der Waals surface area contributed by atoms with Crippen LogP contribution in [0.5, 0.6) is 0 Å². The lowest BCUT2D eigenvalue weighted by molar-refractivity contribution is 0.391. The lowest BCUT2D eigenvalue weighted by Crippen LogP contribution is -2.16. The predicted octanol–water partition coefficient (Wildman–Crippen LogP) is 2.52. The van der Waals surface area contributed by atoms with Crippen molar-refractivity contribution in [2.45, 2.75) is 52.4 Å².